The van der Waals surface area contributed by atoms with Crippen LogP contribution in [0.5, 0.6) is 0 Å². The molecule has 0 atom stereocenters. The highest BCUT2D eigenvalue weighted by Crippen LogP contribution is 2.30. The molecule has 3 rings (SSSR count). The lowest BCUT2D eigenvalue weighted by molar-refractivity contribution is 1.29. The molecule has 0 saturated heterocycles. The predicted molar refractivity (Wildman–Crippen MR) is 83.7 cm³/mol. The summed E-state index contributed by atoms with van der Waals surface area (Å²) in [4.78, 5) is 8.74. The Bertz CT molecular complexity index is 789. The summed E-state index contributed by atoms with van der Waals surface area (Å²) in [7, 11) is 0. The minimum atomic E-state index is 0.305. The third-order valence-electron chi connectivity index (χ3n) is 2.78. The lowest BCUT2D eigenvalue weighted by atomic mass is 10.3. The Morgan fingerprint density at radius 3 is 2.40 bits per heavy atom. The van der Waals surface area contributed by atoms with Crippen LogP contribution < -0.4 is 11.1 Å². The highest BCUT2D eigenvalue weighted by molar-refractivity contribution is 6.35. The van der Waals surface area contributed by atoms with Crippen molar-refractivity contribution in [2.24, 2.45) is 0 Å². The smallest absolute Gasteiger partial charge is 0.174 e. The van der Waals surface area contributed by atoms with Crippen molar-refractivity contribution in [1.29, 1.82) is 0 Å². The maximum Gasteiger partial charge on any atom is 0.174 e. The van der Waals surface area contributed by atoms with Crippen LogP contribution in [-0.4, -0.2) is 9.97 Å². The van der Waals surface area contributed by atoms with Gasteiger partial charge < -0.3 is 11.1 Å². The zero-order chi connectivity index (χ0) is 14.1. The van der Waals surface area contributed by atoms with Gasteiger partial charge in [0.2, 0.25) is 0 Å². The van der Waals surface area contributed by atoms with E-state index in [1.807, 2.05) is 24.3 Å². The summed E-state index contributed by atoms with van der Waals surface area (Å²) < 4.78 is 0. The van der Waals surface area contributed by atoms with Crippen molar-refractivity contribution in [1.82, 2.24) is 9.97 Å². The highest BCUT2D eigenvalue weighted by Gasteiger charge is 2.08. The molecule has 0 bridgehead atoms. The van der Waals surface area contributed by atoms with Crippen LogP contribution in [0.3, 0.4) is 0 Å². The molecular weight excluding hydrogens is 295 g/mol. The van der Waals surface area contributed by atoms with Gasteiger partial charge in [0.25, 0.3) is 0 Å². The van der Waals surface area contributed by atoms with Gasteiger partial charge in [-0.15, -0.1) is 0 Å². The molecule has 0 amide bonds. The van der Waals surface area contributed by atoms with Gasteiger partial charge in [0, 0.05) is 5.02 Å². The molecule has 100 valence electrons. The average Bonchev–Trinajstić information content (AvgIpc) is 2.43. The Balaban J connectivity index is 2.06. The molecule has 3 N–H and O–H groups in total. The van der Waals surface area contributed by atoms with E-state index in [2.05, 4.69) is 15.3 Å². The average molecular weight is 305 g/mol. The van der Waals surface area contributed by atoms with Gasteiger partial charge in [0.1, 0.15) is 0 Å². The molecule has 0 spiro atoms. The Kier molecular flexibility index (Phi) is 3.34. The van der Waals surface area contributed by atoms with Crippen LogP contribution in [0.15, 0.2) is 42.5 Å². The zero-order valence-corrected chi connectivity index (χ0v) is 11.8. The molecular formula is C14H10Cl2N4. The van der Waals surface area contributed by atoms with Crippen LogP contribution in [0, 0.1) is 0 Å². The Morgan fingerprint density at radius 2 is 1.65 bits per heavy atom. The Hall–Kier alpha value is -2.04. The second-order valence-corrected chi connectivity index (χ2v) is 5.04. The van der Waals surface area contributed by atoms with Crippen molar-refractivity contribution in [3.8, 4) is 0 Å². The maximum absolute atomic E-state index is 6.11. The van der Waals surface area contributed by atoms with E-state index in [1.54, 1.807) is 18.2 Å². The van der Waals surface area contributed by atoms with E-state index in [0.29, 0.717) is 27.4 Å². The lowest BCUT2D eigenvalue weighted by Gasteiger charge is -2.10. The lowest BCUT2D eigenvalue weighted by Crippen LogP contribution is -2.02. The van der Waals surface area contributed by atoms with Crippen LogP contribution in [0.2, 0.25) is 10.0 Å². The molecule has 6 heteroatoms. The van der Waals surface area contributed by atoms with Crippen molar-refractivity contribution in [3.63, 3.8) is 0 Å². The largest absolute Gasteiger partial charge is 0.381 e. The summed E-state index contributed by atoms with van der Waals surface area (Å²) in [6, 6.07) is 12.6. The number of nitrogen functional groups attached to an aromatic ring is 1. The number of para-hydroxylation sites is 2. The molecule has 0 fully saturated rings. The van der Waals surface area contributed by atoms with Gasteiger partial charge in [-0.1, -0.05) is 35.3 Å². The predicted octanol–water partition coefficient (Wildman–Crippen LogP) is 4.26. The van der Waals surface area contributed by atoms with E-state index in [1.165, 1.54) is 0 Å². The van der Waals surface area contributed by atoms with Gasteiger partial charge >= 0.3 is 0 Å². The number of nitrogens with zero attached hydrogens (tertiary/aromatic N) is 2. The minimum absolute atomic E-state index is 0.305. The highest BCUT2D eigenvalue weighted by atomic mass is 35.5. The molecule has 0 aliphatic carbocycles. The number of aromatic nitrogens is 2. The first-order chi connectivity index (χ1) is 9.63. The fourth-order valence-electron chi connectivity index (χ4n) is 1.83. The third kappa shape index (κ3) is 2.48. The first-order valence-corrected chi connectivity index (χ1v) is 6.63. The maximum atomic E-state index is 6.11. The van der Waals surface area contributed by atoms with Gasteiger partial charge in [-0.3, -0.25) is 0 Å². The van der Waals surface area contributed by atoms with E-state index in [-0.39, 0.29) is 0 Å². The summed E-state index contributed by atoms with van der Waals surface area (Å²) in [5.74, 6) is 0.757. The summed E-state index contributed by atoms with van der Waals surface area (Å²) in [5, 5.41) is 4.16. The van der Waals surface area contributed by atoms with E-state index in [4.69, 9.17) is 28.9 Å². The third-order valence-corrected chi connectivity index (χ3v) is 3.34. The number of nitrogens with two attached hydrogens (primary N) is 1. The number of anilines is 3. The fraction of sp³-hybridized carbons (Fsp3) is 0. The van der Waals surface area contributed by atoms with Crippen LogP contribution in [-0.2, 0) is 0 Å². The number of fused-ring (bicyclic) bond motifs is 1. The van der Waals surface area contributed by atoms with E-state index < -0.39 is 0 Å². The molecule has 3 aromatic rings. The number of halogens is 2. The van der Waals surface area contributed by atoms with Crippen LogP contribution in [0.1, 0.15) is 0 Å². The van der Waals surface area contributed by atoms with E-state index in [0.717, 1.165) is 11.0 Å². The first-order valence-electron chi connectivity index (χ1n) is 5.88. The van der Waals surface area contributed by atoms with Crippen molar-refractivity contribution in [2.75, 3.05) is 11.1 Å². The summed E-state index contributed by atoms with van der Waals surface area (Å²) in [5.41, 5.74) is 8.04. The number of rotatable bonds is 2. The van der Waals surface area contributed by atoms with Crippen LogP contribution in [0.4, 0.5) is 17.3 Å². The van der Waals surface area contributed by atoms with Gasteiger partial charge in [-0.05, 0) is 30.3 Å². The topological polar surface area (TPSA) is 63.8 Å². The number of benzene rings is 2. The number of nitrogens with one attached hydrogen (secondary N) is 1. The monoisotopic (exact) mass is 304 g/mol. The fourth-order valence-corrected chi connectivity index (χ4v) is 2.16. The SMILES string of the molecule is Nc1nc2ccccc2nc1Nc1cc(Cl)ccc1Cl. The van der Waals surface area contributed by atoms with Gasteiger partial charge in [0.05, 0.1) is 21.7 Å². The summed E-state index contributed by atoms with van der Waals surface area (Å²) >= 11 is 12.1. The van der Waals surface area contributed by atoms with Crippen molar-refractivity contribution in [3.05, 3.63) is 52.5 Å². The molecule has 0 aliphatic rings. The normalized spacial score (nSPS) is 10.7. The second kappa shape index (κ2) is 5.15. The minimum Gasteiger partial charge on any atom is -0.381 e. The molecule has 0 saturated carbocycles. The van der Waals surface area contributed by atoms with Gasteiger partial charge in [-0.25, -0.2) is 9.97 Å². The standard InChI is InChI=1S/C14H10Cl2N4/c15-8-5-6-9(16)12(7-8)20-14-13(17)18-10-3-1-2-4-11(10)19-14/h1-7H,(H2,17,18)(H,19,20). The summed E-state index contributed by atoms with van der Waals surface area (Å²) in [6.45, 7) is 0. The molecule has 1 aromatic heterocycles. The van der Waals surface area contributed by atoms with Gasteiger partial charge in [0.15, 0.2) is 11.6 Å². The van der Waals surface area contributed by atoms with E-state index >= 15 is 0 Å². The molecule has 0 unspecified atom stereocenters. The van der Waals surface area contributed by atoms with E-state index in [9.17, 15) is 0 Å². The molecule has 0 radical (unpaired) electrons. The van der Waals surface area contributed by atoms with Crippen LogP contribution >= 0.6 is 23.2 Å². The Labute approximate surface area is 125 Å². The molecule has 4 nitrogen and oxygen atoms in total. The quantitative estimate of drug-likeness (QED) is 0.742. The number of hydrogen-bond donors (Lipinski definition) is 2. The number of hydrogen-bond acceptors (Lipinski definition) is 4. The first kappa shape index (κ1) is 13.0. The molecule has 0 aliphatic heterocycles. The molecule has 2 aromatic carbocycles. The second-order valence-electron chi connectivity index (χ2n) is 4.20. The summed E-state index contributed by atoms with van der Waals surface area (Å²) in [6.07, 6.45) is 0. The van der Waals surface area contributed by atoms with Crippen LogP contribution in [0.25, 0.3) is 11.0 Å². The van der Waals surface area contributed by atoms with Crippen molar-refractivity contribution in [2.45, 2.75) is 0 Å². The van der Waals surface area contributed by atoms with Gasteiger partial charge in [-0.2, -0.15) is 0 Å². The molecule has 20 heavy (non-hydrogen) atoms. The zero-order valence-electron chi connectivity index (χ0n) is 10.3. The van der Waals surface area contributed by atoms with Crippen molar-refractivity contribution < 1.29 is 0 Å². The van der Waals surface area contributed by atoms with Crippen molar-refractivity contribution >= 4 is 51.6 Å². The molecule has 1 heterocycles. The Morgan fingerprint density at radius 1 is 0.950 bits per heavy atom.